The average molecular weight is 447 g/mol. The smallest absolute Gasteiger partial charge is 0.287 e. The number of benzene rings is 1. The van der Waals surface area contributed by atoms with Crippen LogP contribution in [0, 0.1) is 17.8 Å². The Bertz CT molecular complexity index is 1140. The van der Waals surface area contributed by atoms with E-state index in [0.717, 1.165) is 56.0 Å². The van der Waals surface area contributed by atoms with Crippen molar-refractivity contribution in [1.29, 1.82) is 0 Å². The first-order valence-electron chi connectivity index (χ1n) is 12.1. The third kappa shape index (κ3) is 4.17. The van der Waals surface area contributed by atoms with E-state index in [-0.39, 0.29) is 28.8 Å². The molecule has 0 radical (unpaired) electrons. The van der Waals surface area contributed by atoms with Gasteiger partial charge in [-0.2, -0.15) is 0 Å². The van der Waals surface area contributed by atoms with E-state index < -0.39 is 5.54 Å². The molecular formula is C27H30N2O4. The van der Waals surface area contributed by atoms with Crippen LogP contribution in [0.1, 0.15) is 81.2 Å². The van der Waals surface area contributed by atoms with Gasteiger partial charge in [-0.25, -0.2) is 0 Å². The van der Waals surface area contributed by atoms with Crippen LogP contribution in [0.4, 0.5) is 5.69 Å². The van der Waals surface area contributed by atoms with E-state index in [2.05, 4.69) is 11.2 Å². The maximum atomic E-state index is 13.3. The van der Waals surface area contributed by atoms with Crippen LogP contribution < -0.4 is 10.2 Å². The van der Waals surface area contributed by atoms with E-state index in [1.807, 2.05) is 18.2 Å². The molecule has 0 unspecified atom stereocenters. The molecule has 33 heavy (non-hydrogen) atoms. The van der Waals surface area contributed by atoms with Crippen molar-refractivity contribution in [2.75, 3.05) is 11.4 Å². The molecule has 2 amide bonds. The highest BCUT2D eigenvalue weighted by atomic mass is 16.3. The van der Waals surface area contributed by atoms with Crippen LogP contribution in [0.2, 0.25) is 0 Å². The van der Waals surface area contributed by atoms with Crippen LogP contribution in [0.3, 0.4) is 0 Å². The third-order valence-electron chi connectivity index (χ3n) is 7.61. The second kappa shape index (κ2) is 8.37. The zero-order valence-electron chi connectivity index (χ0n) is 19.0. The monoisotopic (exact) mass is 446 g/mol. The number of fused-ring (bicyclic) bond motifs is 1. The van der Waals surface area contributed by atoms with Crippen molar-refractivity contribution in [1.82, 2.24) is 5.32 Å². The molecule has 2 saturated carbocycles. The molecule has 172 valence electrons. The normalized spacial score (nSPS) is 21.4. The number of carbonyl (C=O) groups is 3. The summed E-state index contributed by atoms with van der Waals surface area (Å²) in [5.41, 5.74) is 0.167. The fraction of sp³-hybridized carbons (Fsp3) is 0.519. The summed E-state index contributed by atoms with van der Waals surface area (Å²) in [7, 11) is 0. The summed E-state index contributed by atoms with van der Waals surface area (Å²) in [6, 6.07) is 7.29. The van der Waals surface area contributed by atoms with Crippen LogP contribution >= 0.6 is 0 Å². The molecule has 2 aromatic rings. The van der Waals surface area contributed by atoms with Crippen LogP contribution in [0.5, 0.6) is 0 Å². The van der Waals surface area contributed by atoms with E-state index in [1.54, 1.807) is 11.0 Å². The molecule has 6 nitrogen and oxygen atoms in total. The van der Waals surface area contributed by atoms with Crippen molar-refractivity contribution >= 4 is 34.3 Å². The minimum atomic E-state index is -0.869. The molecule has 1 aromatic carbocycles. The van der Waals surface area contributed by atoms with Gasteiger partial charge in [0, 0.05) is 41.9 Å². The van der Waals surface area contributed by atoms with Gasteiger partial charge in [0.05, 0.1) is 5.54 Å². The number of furan rings is 1. The van der Waals surface area contributed by atoms with Gasteiger partial charge in [0.25, 0.3) is 5.91 Å². The molecule has 6 heteroatoms. The molecule has 2 heterocycles. The largest absolute Gasteiger partial charge is 0.451 e. The highest BCUT2D eigenvalue weighted by molar-refractivity contribution is 6.02. The van der Waals surface area contributed by atoms with Crippen molar-refractivity contribution in [2.24, 2.45) is 5.41 Å². The lowest BCUT2D eigenvalue weighted by molar-refractivity contribution is -0.127. The molecule has 0 spiro atoms. The minimum absolute atomic E-state index is 0.0491. The van der Waals surface area contributed by atoms with Gasteiger partial charge in [0.15, 0.2) is 11.5 Å². The summed E-state index contributed by atoms with van der Waals surface area (Å²) >= 11 is 0. The van der Waals surface area contributed by atoms with E-state index in [9.17, 15) is 14.4 Å². The average Bonchev–Trinajstić information content (AvgIpc) is 3.47. The fourth-order valence-electron chi connectivity index (χ4n) is 5.29. The number of rotatable bonds is 6. The first-order valence-corrected chi connectivity index (χ1v) is 12.1. The van der Waals surface area contributed by atoms with E-state index >= 15 is 0 Å². The summed E-state index contributed by atoms with van der Waals surface area (Å²) in [5.74, 6) is 2.77. The van der Waals surface area contributed by atoms with Gasteiger partial charge < -0.3 is 14.6 Å². The molecule has 0 bridgehead atoms. The summed E-state index contributed by atoms with van der Waals surface area (Å²) in [6.07, 6.45) is 14.4. The van der Waals surface area contributed by atoms with Crippen molar-refractivity contribution in [3.05, 3.63) is 30.0 Å². The number of terminal acetylenes is 1. The quantitative estimate of drug-likeness (QED) is 0.649. The van der Waals surface area contributed by atoms with E-state index in [4.69, 9.17) is 10.8 Å². The number of nitrogens with zero attached hydrogens (tertiary/aromatic N) is 1. The highest BCUT2D eigenvalue weighted by Crippen LogP contribution is 2.49. The van der Waals surface area contributed by atoms with Crippen molar-refractivity contribution in [3.8, 4) is 12.3 Å². The number of Topliss-reactive ketones (excluding diaryl/α,β-unsaturated/α-hetero) is 1. The maximum Gasteiger partial charge on any atom is 0.287 e. The molecule has 5 rings (SSSR count). The SMILES string of the molecule is C#CC1(CC(=O)C2(NC(=O)c3cc4ccc(N5CCCCC5=O)cc4o3)CCCCC2)CC1. The topological polar surface area (TPSA) is 79.6 Å². The number of piperidine rings is 1. The van der Waals surface area contributed by atoms with Gasteiger partial charge in [-0.1, -0.05) is 25.2 Å². The molecule has 3 aliphatic rings. The Balaban J connectivity index is 1.37. The lowest BCUT2D eigenvalue weighted by Crippen LogP contribution is -2.56. The Kier molecular flexibility index (Phi) is 5.52. The molecule has 1 saturated heterocycles. The van der Waals surface area contributed by atoms with Gasteiger partial charge in [-0.15, -0.1) is 6.42 Å². The molecule has 1 aromatic heterocycles. The number of hydrogen-bond acceptors (Lipinski definition) is 4. The number of anilines is 1. The third-order valence-corrected chi connectivity index (χ3v) is 7.61. The molecule has 1 N–H and O–H groups in total. The number of carbonyl (C=O) groups excluding carboxylic acids is 3. The highest BCUT2D eigenvalue weighted by Gasteiger charge is 2.49. The summed E-state index contributed by atoms with van der Waals surface area (Å²) < 4.78 is 5.90. The molecule has 0 atom stereocenters. The van der Waals surface area contributed by atoms with Crippen LogP contribution in [0.15, 0.2) is 28.7 Å². The Morgan fingerprint density at radius 1 is 1.06 bits per heavy atom. The minimum Gasteiger partial charge on any atom is -0.451 e. The zero-order chi connectivity index (χ0) is 23.1. The first-order chi connectivity index (χ1) is 15.9. The summed E-state index contributed by atoms with van der Waals surface area (Å²) in [5, 5.41) is 3.85. The first kappa shape index (κ1) is 21.8. The van der Waals surface area contributed by atoms with Gasteiger partial charge in [0.1, 0.15) is 5.58 Å². The van der Waals surface area contributed by atoms with Gasteiger partial charge in [-0.3, -0.25) is 14.4 Å². The Labute approximate surface area is 194 Å². The lowest BCUT2D eigenvalue weighted by atomic mass is 9.75. The second-order valence-corrected chi connectivity index (χ2v) is 9.96. The Morgan fingerprint density at radius 3 is 2.55 bits per heavy atom. The van der Waals surface area contributed by atoms with Gasteiger partial charge >= 0.3 is 0 Å². The maximum absolute atomic E-state index is 13.3. The molecule has 2 aliphatic carbocycles. The zero-order valence-corrected chi connectivity index (χ0v) is 19.0. The standard InChI is InChI=1S/C27H30N2O4/c1-2-26(13-14-26)18-23(30)27(11-5-3-6-12-27)28-25(32)22-16-19-9-10-20(17-21(19)33-22)29-15-7-4-8-24(29)31/h1,9-10,16-17H,3-8,11-15,18H2,(H,28,32). The van der Waals surface area contributed by atoms with E-state index in [0.29, 0.717) is 37.8 Å². The summed E-state index contributed by atoms with van der Waals surface area (Å²) in [6.45, 7) is 0.697. The molecular weight excluding hydrogens is 416 g/mol. The predicted octanol–water partition coefficient (Wildman–Crippen LogP) is 4.76. The Hall–Kier alpha value is -3.07. The lowest BCUT2D eigenvalue weighted by Gasteiger charge is -2.37. The Morgan fingerprint density at radius 2 is 1.85 bits per heavy atom. The van der Waals surface area contributed by atoms with Crippen LogP contribution in [0.25, 0.3) is 11.0 Å². The number of ketones is 1. The van der Waals surface area contributed by atoms with Crippen molar-refractivity contribution < 1.29 is 18.8 Å². The second-order valence-electron chi connectivity index (χ2n) is 9.96. The van der Waals surface area contributed by atoms with Gasteiger partial charge in [0.2, 0.25) is 5.91 Å². The summed E-state index contributed by atoms with van der Waals surface area (Å²) in [4.78, 5) is 40.6. The van der Waals surface area contributed by atoms with E-state index in [1.165, 1.54) is 0 Å². The number of amides is 2. The molecule has 1 aliphatic heterocycles. The number of nitrogens with one attached hydrogen (secondary N) is 1. The van der Waals surface area contributed by atoms with Crippen LogP contribution in [-0.2, 0) is 9.59 Å². The fourth-order valence-corrected chi connectivity index (χ4v) is 5.29. The number of hydrogen-bond donors (Lipinski definition) is 1. The van der Waals surface area contributed by atoms with Crippen molar-refractivity contribution in [2.45, 2.75) is 76.2 Å². The predicted molar refractivity (Wildman–Crippen MR) is 126 cm³/mol. The van der Waals surface area contributed by atoms with Crippen molar-refractivity contribution in [3.63, 3.8) is 0 Å². The van der Waals surface area contributed by atoms with Crippen LogP contribution in [-0.4, -0.2) is 29.7 Å². The molecule has 3 fully saturated rings. The van der Waals surface area contributed by atoms with Gasteiger partial charge in [-0.05, 0) is 56.7 Å².